The Kier molecular flexibility index (Phi) is 6.72. The highest BCUT2D eigenvalue weighted by Crippen LogP contribution is 2.34. The van der Waals surface area contributed by atoms with Gasteiger partial charge in [-0.25, -0.2) is 4.79 Å². The van der Waals surface area contributed by atoms with Crippen LogP contribution >= 0.6 is 0 Å². The average molecular weight is 296 g/mol. The molecule has 4 heteroatoms. The molecule has 1 amide bonds. The minimum absolute atomic E-state index is 0.366. The van der Waals surface area contributed by atoms with E-state index in [4.69, 9.17) is 4.74 Å². The number of carbonyl (C=O) groups excluding carboxylic acids is 1. The van der Waals surface area contributed by atoms with Gasteiger partial charge in [0.2, 0.25) is 0 Å². The van der Waals surface area contributed by atoms with Crippen molar-refractivity contribution in [1.29, 1.82) is 0 Å². The van der Waals surface area contributed by atoms with E-state index in [2.05, 4.69) is 30.6 Å². The van der Waals surface area contributed by atoms with Gasteiger partial charge in [-0.2, -0.15) is 0 Å². The Morgan fingerprint density at radius 1 is 1.19 bits per heavy atom. The summed E-state index contributed by atoms with van der Waals surface area (Å²) in [5.41, 5.74) is 0.0788. The number of ether oxygens (including phenoxy) is 1. The second-order valence-corrected chi connectivity index (χ2v) is 7.70. The highest BCUT2D eigenvalue weighted by Gasteiger charge is 2.25. The zero-order valence-corrected chi connectivity index (χ0v) is 14.3. The van der Waals surface area contributed by atoms with Crippen molar-refractivity contribution < 1.29 is 9.53 Å². The standard InChI is InChI=1S/C17H32N2O2/c1-16(2,3)21-15(20)19-13-7-6-12-18-14-8-10-17(4,5)11-9-14/h6-7,14,18H,8-13H2,1-5H3,(H,19,20)/b7-6+. The number of nitrogens with one attached hydrogen (secondary N) is 2. The van der Waals surface area contributed by atoms with E-state index < -0.39 is 5.60 Å². The van der Waals surface area contributed by atoms with Gasteiger partial charge in [-0.15, -0.1) is 0 Å². The average Bonchev–Trinajstić information content (AvgIpc) is 2.33. The molecule has 1 aliphatic carbocycles. The molecule has 0 aliphatic heterocycles. The van der Waals surface area contributed by atoms with Crippen molar-refractivity contribution in [3.8, 4) is 0 Å². The first-order valence-corrected chi connectivity index (χ1v) is 8.03. The number of carbonyl (C=O) groups is 1. The second kappa shape index (κ2) is 7.83. The van der Waals surface area contributed by atoms with Gasteiger partial charge in [0.25, 0.3) is 0 Å². The lowest BCUT2D eigenvalue weighted by Crippen LogP contribution is -2.35. The van der Waals surface area contributed by atoms with E-state index in [1.165, 1.54) is 25.7 Å². The van der Waals surface area contributed by atoms with Gasteiger partial charge in [0, 0.05) is 19.1 Å². The summed E-state index contributed by atoms with van der Waals surface area (Å²) in [5.74, 6) is 0. The Labute approximate surface area is 129 Å². The number of hydrogen-bond donors (Lipinski definition) is 2. The van der Waals surface area contributed by atoms with E-state index in [0.29, 0.717) is 18.0 Å². The molecule has 1 fully saturated rings. The maximum Gasteiger partial charge on any atom is 0.407 e. The number of amides is 1. The number of rotatable bonds is 5. The SMILES string of the molecule is CC1(C)CCC(NC/C=C/CNC(=O)OC(C)(C)C)CC1. The van der Waals surface area contributed by atoms with E-state index in [9.17, 15) is 4.79 Å². The fourth-order valence-electron chi connectivity index (χ4n) is 2.46. The molecule has 0 bridgehead atoms. The Morgan fingerprint density at radius 3 is 2.33 bits per heavy atom. The van der Waals surface area contributed by atoms with Crippen LogP contribution in [0.5, 0.6) is 0 Å². The molecule has 0 heterocycles. The summed E-state index contributed by atoms with van der Waals surface area (Å²) in [6, 6.07) is 0.640. The molecule has 2 N–H and O–H groups in total. The Balaban J connectivity index is 2.07. The van der Waals surface area contributed by atoms with Crippen molar-refractivity contribution in [3.63, 3.8) is 0 Å². The Hall–Kier alpha value is -1.03. The molecule has 0 aromatic rings. The van der Waals surface area contributed by atoms with Crippen molar-refractivity contribution in [2.75, 3.05) is 13.1 Å². The minimum atomic E-state index is -0.440. The van der Waals surface area contributed by atoms with Gasteiger partial charge < -0.3 is 15.4 Å². The van der Waals surface area contributed by atoms with E-state index in [1.807, 2.05) is 26.8 Å². The third kappa shape index (κ3) is 8.76. The fourth-order valence-corrected chi connectivity index (χ4v) is 2.46. The summed E-state index contributed by atoms with van der Waals surface area (Å²) in [5, 5.41) is 6.27. The van der Waals surface area contributed by atoms with E-state index in [0.717, 1.165) is 6.54 Å². The molecule has 0 aromatic carbocycles. The van der Waals surface area contributed by atoms with Crippen LogP contribution in [0, 0.1) is 5.41 Å². The molecule has 0 aromatic heterocycles. The van der Waals surface area contributed by atoms with Crippen molar-refractivity contribution in [2.24, 2.45) is 5.41 Å². The zero-order valence-electron chi connectivity index (χ0n) is 14.3. The van der Waals surface area contributed by atoms with E-state index in [1.54, 1.807) is 0 Å². The van der Waals surface area contributed by atoms with Crippen LogP contribution < -0.4 is 10.6 Å². The normalized spacial score (nSPS) is 19.7. The molecule has 1 saturated carbocycles. The predicted molar refractivity (Wildman–Crippen MR) is 87.4 cm³/mol. The summed E-state index contributed by atoms with van der Waals surface area (Å²) in [4.78, 5) is 11.4. The van der Waals surface area contributed by atoms with Crippen LogP contribution in [0.2, 0.25) is 0 Å². The lowest BCUT2D eigenvalue weighted by atomic mass is 9.75. The predicted octanol–water partition coefficient (Wildman–Crippen LogP) is 3.63. The monoisotopic (exact) mass is 296 g/mol. The first kappa shape index (κ1) is 18.0. The van der Waals surface area contributed by atoms with Gasteiger partial charge in [-0.3, -0.25) is 0 Å². The van der Waals surface area contributed by atoms with Gasteiger partial charge >= 0.3 is 6.09 Å². The largest absolute Gasteiger partial charge is 0.444 e. The molecule has 1 aliphatic rings. The number of hydrogen-bond acceptors (Lipinski definition) is 3. The molecule has 4 nitrogen and oxygen atoms in total. The Morgan fingerprint density at radius 2 is 1.76 bits per heavy atom. The molecule has 21 heavy (non-hydrogen) atoms. The molecule has 0 saturated heterocycles. The van der Waals surface area contributed by atoms with Gasteiger partial charge in [0.1, 0.15) is 5.60 Å². The maximum atomic E-state index is 11.4. The van der Waals surface area contributed by atoms with Crippen LogP contribution in [0.4, 0.5) is 4.79 Å². The van der Waals surface area contributed by atoms with Gasteiger partial charge in [0.05, 0.1) is 0 Å². The van der Waals surface area contributed by atoms with Crippen LogP contribution in [-0.4, -0.2) is 30.8 Å². The highest BCUT2D eigenvalue weighted by atomic mass is 16.6. The lowest BCUT2D eigenvalue weighted by Gasteiger charge is -2.34. The number of alkyl carbamates (subject to hydrolysis) is 1. The van der Waals surface area contributed by atoms with Crippen molar-refractivity contribution in [2.45, 2.75) is 71.9 Å². The van der Waals surface area contributed by atoms with Crippen molar-refractivity contribution in [3.05, 3.63) is 12.2 Å². The summed E-state index contributed by atoms with van der Waals surface area (Å²) >= 11 is 0. The highest BCUT2D eigenvalue weighted by molar-refractivity contribution is 5.67. The fraction of sp³-hybridized carbons (Fsp3) is 0.824. The van der Waals surface area contributed by atoms with Crippen LogP contribution in [0.15, 0.2) is 12.2 Å². The first-order valence-electron chi connectivity index (χ1n) is 8.03. The minimum Gasteiger partial charge on any atom is -0.444 e. The summed E-state index contributed by atoms with van der Waals surface area (Å²) in [6.45, 7) is 11.7. The third-order valence-corrected chi connectivity index (χ3v) is 3.79. The summed E-state index contributed by atoms with van der Waals surface area (Å²) in [7, 11) is 0. The van der Waals surface area contributed by atoms with Crippen molar-refractivity contribution >= 4 is 6.09 Å². The van der Waals surface area contributed by atoms with Crippen LogP contribution in [-0.2, 0) is 4.74 Å². The third-order valence-electron chi connectivity index (χ3n) is 3.79. The van der Waals surface area contributed by atoms with E-state index >= 15 is 0 Å². The molecular formula is C17H32N2O2. The molecule has 0 spiro atoms. The smallest absolute Gasteiger partial charge is 0.407 e. The van der Waals surface area contributed by atoms with Gasteiger partial charge in [0.15, 0.2) is 0 Å². The van der Waals surface area contributed by atoms with Gasteiger partial charge in [-0.1, -0.05) is 26.0 Å². The molecule has 0 unspecified atom stereocenters. The van der Waals surface area contributed by atoms with E-state index in [-0.39, 0.29) is 6.09 Å². The Bertz CT molecular complexity index is 346. The molecule has 0 atom stereocenters. The lowest BCUT2D eigenvalue weighted by molar-refractivity contribution is 0.0534. The molecule has 122 valence electrons. The summed E-state index contributed by atoms with van der Waals surface area (Å²) < 4.78 is 5.16. The zero-order chi connectivity index (χ0) is 15.9. The van der Waals surface area contributed by atoms with Crippen molar-refractivity contribution in [1.82, 2.24) is 10.6 Å². The van der Waals surface area contributed by atoms with Crippen LogP contribution in [0.3, 0.4) is 0 Å². The van der Waals surface area contributed by atoms with Gasteiger partial charge in [-0.05, 0) is 51.9 Å². The van der Waals surface area contributed by atoms with Crippen LogP contribution in [0.25, 0.3) is 0 Å². The molecule has 1 rings (SSSR count). The second-order valence-electron chi connectivity index (χ2n) is 7.70. The molecular weight excluding hydrogens is 264 g/mol. The first-order chi connectivity index (χ1) is 9.68. The topological polar surface area (TPSA) is 50.4 Å². The maximum absolute atomic E-state index is 11.4. The summed E-state index contributed by atoms with van der Waals surface area (Å²) in [6.07, 6.45) is 8.78. The quantitative estimate of drug-likeness (QED) is 0.762. The molecule has 0 radical (unpaired) electrons. The van der Waals surface area contributed by atoms with Crippen LogP contribution in [0.1, 0.15) is 60.3 Å².